The predicted molar refractivity (Wildman–Crippen MR) is 155 cm³/mol. The molecule has 11 heteroatoms. The molecule has 228 valence electrons. The van der Waals surface area contributed by atoms with E-state index in [4.69, 9.17) is 24.8 Å². The highest BCUT2D eigenvalue weighted by Gasteiger charge is 2.45. The Balaban J connectivity index is 1.51. The highest BCUT2D eigenvalue weighted by Crippen LogP contribution is 2.40. The second kappa shape index (κ2) is 12.7. The van der Waals surface area contributed by atoms with Crippen LogP contribution >= 0.6 is 0 Å². The Hall–Kier alpha value is -3.34. The van der Waals surface area contributed by atoms with E-state index in [9.17, 15) is 14.4 Å². The SMILES string of the molecule is CC(=O)[C@@](C)(ONC(=O)OC(C)(C)C)[C@H]1CCc2cc(C(N)=NCC[C@@H]3C[C@H]3CNC(=O)OC(C)(C)C)ccc2O1. The van der Waals surface area contributed by atoms with Gasteiger partial charge in [0, 0.05) is 18.7 Å². The number of ether oxygens (including phenoxy) is 3. The summed E-state index contributed by atoms with van der Waals surface area (Å²) in [5, 5.41) is 2.84. The van der Waals surface area contributed by atoms with Crippen LogP contribution in [0.25, 0.3) is 0 Å². The third-order valence-electron chi connectivity index (χ3n) is 7.12. The number of hydrogen-bond donors (Lipinski definition) is 3. The van der Waals surface area contributed by atoms with Crippen LogP contribution in [0.3, 0.4) is 0 Å². The molecule has 0 saturated heterocycles. The molecule has 0 unspecified atom stereocenters. The molecule has 1 aromatic rings. The highest BCUT2D eigenvalue weighted by atomic mass is 16.7. The van der Waals surface area contributed by atoms with Gasteiger partial charge in [-0.1, -0.05) is 0 Å². The Labute approximate surface area is 242 Å². The van der Waals surface area contributed by atoms with Gasteiger partial charge in [-0.05, 0) is 117 Å². The fraction of sp³-hybridized carbons (Fsp3) is 0.667. The Morgan fingerprint density at radius 1 is 1.02 bits per heavy atom. The van der Waals surface area contributed by atoms with E-state index in [1.807, 2.05) is 39.0 Å². The molecule has 0 bridgehead atoms. The van der Waals surface area contributed by atoms with E-state index in [2.05, 4.69) is 15.8 Å². The molecule has 1 saturated carbocycles. The number of amides is 2. The summed E-state index contributed by atoms with van der Waals surface area (Å²) in [7, 11) is 0. The maximum Gasteiger partial charge on any atom is 0.431 e. The van der Waals surface area contributed by atoms with Crippen LogP contribution in [-0.4, -0.2) is 59.8 Å². The van der Waals surface area contributed by atoms with Gasteiger partial charge in [0.1, 0.15) is 28.9 Å². The number of fused-ring (bicyclic) bond motifs is 1. The summed E-state index contributed by atoms with van der Waals surface area (Å²) in [6.45, 7) is 14.9. The van der Waals surface area contributed by atoms with Crippen LogP contribution in [0.2, 0.25) is 0 Å². The number of Topliss-reactive ketones (excluding diaryl/α,β-unsaturated/α-hetero) is 1. The summed E-state index contributed by atoms with van der Waals surface area (Å²) < 4.78 is 16.7. The first-order valence-electron chi connectivity index (χ1n) is 14.2. The lowest BCUT2D eigenvalue weighted by atomic mass is 9.87. The zero-order chi connectivity index (χ0) is 30.6. The Bertz CT molecular complexity index is 1150. The average Bonchev–Trinajstić information content (AvgIpc) is 3.61. The maximum atomic E-state index is 12.6. The molecule has 2 aliphatic rings. The van der Waals surface area contributed by atoms with Crippen molar-refractivity contribution in [3.8, 4) is 5.75 Å². The molecule has 11 nitrogen and oxygen atoms in total. The number of ketones is 1. The quantitative estimate of drug-likeness (QED) is 0.211. The molecule has 0 aromatic heterocycles. The summed E-state index contributed by atoms with van der Waals surface area (Å²) >= 11 is 0. The minimum Gasteiger partial charge on any atom is -0.487 e. The minimum absolute atomic E-state index is 0.284. The van der Waals surface area contributed by atoms with Gasteiger partial charge in [0.25, 0.3) is 0 Å². The van der Waals surface area contributed by atoms with Crippen LogP contribution in [-0.2, 0) is 25.5 Å². The van der Waals surface area contributed by atoms with Crippen molar-refractivity contribution in [2.75, 3.05) is 13.1 Å². The Morgan fingerprint density at radius 3 is 2.32 bits per heavy atom. The highest BCUT2D eigenvalue weighted by molar-refractivity contribution is 5.97. The number of benzene rings is 1. The van der Waals surface area contributed by atoms with Crippen molar-refractivity contribution in [2.24, 2.45) is 22.6 Å². The predicted octanol–water partition coefficient (Wildman–Crippen LogP) is 4.44. The zero-order valence-corrected chi connectivity index (χ0v) is 25.6. The number of amidine groups is 1. The number of nitrogens with one attached hydrogen (secondary N) is 2. The molecule has 4 atom stereocenters. The van der Waals surface area contributed by atoms with Crippen molar-refractivity contribution in [1.82, 2.24) is 10.8 Å². The van der Waals surface area contributed by atoms with E-state index in [1.165, 1.54) is 6.92 Å². The van der Waals surface area contributed by atoms with E-state index >= 15 is 0 Å². The van der Waals surface area contributed by atoms with Gasteiger partial charge < -0.3 is 25.3 Å². The summed E-state index contributed by atoms with van der Waals surface area (Å²) in [6, 6.07) is 5.62. The van der Waals surface area contributed by atoms with Gasteiger partial charge >= 0.3 is 12.2 Å². The molecule has 0 spiro atoms. The lowest BCUT2D eigenvalue weighted by Crippen LogP contribution is -2.55. The van der Waals surface area contributed by atoms with Crippen LogP contribution in [0.4, 0.5) is 9.59 Å². The monoisotopic (exact) mass is 574 g/mol. The number of carbonyl (C=O) groups excluding carboxylic acids is 3. The minimum atomic E-state index is -1.41. The van der Waals surface area contributed by atoms with E-state index in [-0.39, 0.29) is 11.9 Å². The van der Waals surface area contributed by atoms with Gasteiger partial charge in [0.15, 0.2) is 11.4 Å². The van der Waals surface area contributed by atoms with E-state index < -0.39 is 29.0 Å². The van der Waals surface area contributed by atoms with Crippen LogP contribution in [0.5, 0.6) is 5.75 Å². The van der Waals surface area contributed by atoms with Crippen LogP contribution in [0, 0.1) is 11.8 Å². The number of nitrogens with two attached hydrogens (primary N) is 1. The molecule has 1 aliphatic carbocycles. The second-order valence-corrected chi connectivity index (χ2v) is 13.0. The third kappa shape index (κ3) is 9.62. The fourth-order valence-corrected chi connectivity index (χ4v) is 4.63. The molecule has 1 fully saturated rings. The maximum absolute atomic E-state index is 12.6. The summed E-state index contributed by atoms with van der Waals surface area (Å²) in [5.74, 6) is 1.75. The number of alkyl carbamates (subject to hydrolysis) is 1. The number of hydroxylamine groups is 1. The molecule has 0 radical (unpaired) electrons. The Kier molecular flexibility index (Phi) is 9.94. The van der Waals surface area contributed by atoms with Gasteiger partial charge in [-0.3, -0.25) is 14.6 Å². The number of aryl methyl sites for hydroxylation is 1. The summed E-state index contributed by atoms with van der Waals surface area (Å²) in [6.07, 6.45) is 1.31. The second-order valence-electron chi connectivity index (χ2n) is 13.0. The number of rotatable bonds is 10. The average molecular weight is 575 g/mol. The first kappa shape index (κ1) is 32.2. The molecule has 41 heavy (non-hydrogen) atoms. The van der Waals surface area contributed by atoms with Crippen molar-refractivity contribution in [2.45, 2.75) is 104 Å². The van der Waals surface area contributed by atoms with E-state index in [1.54, 1.807) is 27.7 Å². The van der Waals surface area contributed by atoms with Crippen molar-refractivity contribution in [3.63, 3.8) is 0 Å². The fourth-order valence-electron chi connectivity index (χ4n) is 4.63. The zero-order valence-electron chi connectivity index (χ0n) is 25.6. The Morgan fingerprint density at radius 2 is 1.68 bits per heavy atom. The number of nitrogens with zero attached hydrogens (tertiary/aromatic N) is 1. The molecule has 1 heterocycles. The molecule has 1 aromatic carbocycles. The van der Waals surface area contributed by atoms with Crippen molar-refractivity contribution < 1.29 is 33.4 Å². The number of aliphatic imine (C=N–C) groups is 1. The first-order chi connectivity index (χ1) is 19.0. The standard InChI is InChI=1S/C30H46N4O7/c1-18(35)30(8,41-34-27(37)40-29(5,6)7)24-12-10-20-16-21(9-11-23(20)38-24)25(31)32-14-13-19-15-22(19)17-33-26(36)39-28(2,3)4/h9,11,16,19,22,24H,10,12-15,17H2,1-8H3,(H2,31,32)(H,33,36)(H,34,37)/t19-,22+,24-,30-/m1/s1. The molecular weight excluding hydrogens is 528 g/mol. The molecular formula is C30H46N4O7. The van der Waals surface area contributed by atoms with Gasteiger partial charge in [-0.2, -0.15) is 5.48 Å². The lowest BCUT2D eigenvalue weighted by Gasteiger charge is -2.37. The van der Waals surface area contributed by atoms with Gasteiger partial charge in [-0.15, -0.1) is 0 Å². The molecule has 2 amide bonds. The normalized spacial score (nSPS) is 22.0. The van der Waals surface area contributed by atoms with Crippen molar-refractivity contribution >= 4 is 23.8 Å². The largest absolute Gasteiger partial charge is 0.487 e. The van der Waals surface area contributed by atoms with Gasteiger partial charge in [0.2, 0.25) is 0 Å². The van der Waals surface area contributed by atoms with Gasteiger partial charge in [0.05, 0.1) is 0 Å². The van der Waals surface area contributed by atoms with E-state index in [0.717, 1.165) is 24.0 Å². The van der Waals surface area contributed by atoms with E-state index in [0.29, 0.717) is 49.4 Å². The van der Waals surface area contributed by atoms with Gasteiger partial charge in [-0.25, -0.2) is 9.59 Å². The number of hydrogen-bond acceptors (Lipinski definition) is 8. The molecule has 4 N–H and O–H groups in total. The third-order valence-corrected chi connectivity index (χ3v) is 7.12. The molecule has 3 rings (SSSR count). The summed E-state index contributed by atoms with van der Waals surface area (Å²) in [5.41, 5.74) is 7.68. The smallest absolute Gasteiger partial charge is 0.431 e. The first-order valence-corrected chi connectivity index (χ1v) is 14.2. The molecule has 1 aliphatic heterocycles. The van der Waals surface area contributed by atoms with Crippen LogP contribution in [0.1, 0.15) is 85.8 Å². The lowest BCUT2D eigenvalue weighted by molar-refractivity contribution is -0.170. The van der Waals surface area contributed by atoms with Crippen molar-refractivity contribution in [3.05, 3.63) is 29.3 Å². The number of carbonyl (C=O) groups is 3. The van der Waals surface area contributed by atoms with Crippen LogP contribution in [0.15, 0.2) is 23.2 Å². The van der Waals surface area contributed by atoms with Crippen molar-refractivity contribution in [1.29, 1.82) is 0 Å². The van der Waals surface area contributed by atoms with Crippen LogP contribution < -0.4 is 21.3 Å². The topological polar surface area (TPSA) is 151 Å². The summed E-state index contributed by atoms with van der Waals surface area (Å²) in [4.78, 5) is 46.6.